The highest BCUT2D eigenvalue weighted by Crippen LogP contribution is 2.45. The van der Waals surface area contributed by atoms with Crippen LogP contribution in [0.3, 0.4) is 0 Å². The number of anilines is 3. The number of fused-ring (bicyclic) bond motifs is 11. The molecule has 0 bridgehead atoms. The summed E-state index contributed by atoms with van der Waals surface area (Å²) in [7, 11) is 0. The predicted molar refractivity (Wildman–Crippen MR) is 204 cm³/mol. The van der Waals surface area contributed by atoms with Gasteiger partial charge in [-0.05, 0) is 97.9 Å². The van der Waals surface area contributed by atoms with E-state index in [9.17, 15) is 0 Å². The third-order valence-corrected chi connectivity index (χ3v) is 9.80. The molecule has 1 aromatic heterocycles. The fourth-order valence-corrected chi connectivity index (χ4v) is 7.66. The maximum absolute atomic E-state index is 6.36. The van der Waals surface area contributed by atoms with E-state index in [-0.39, 0.29) is 0 Å². The average molecular weight is 612 g/mol. The number of furan rings is 1. The van der Waals surface area contributed by atoms with Gasteiger partial charge in [-0.2, -0.15) is 0 Å². The molecule has 0 N–H and O–H groups in total. The first-order valence-corrected chi connectivity index (χ1v) is 16.4. The van der Waals surface area contributed by atoms with Crippen LogP contribution in [-0.2, 0) is 0 Å². The SMILES string of the molecule is c1ccc(N(c2ccc3ccccc3c2)c2ccccc2-c2ccc3c4ccccc4c4c(ccc5oc6ccccc6c54)c3c2)cc1. The van der Waals surface area contributed by atoms with Crippen molar-refractivity contribution in [2.45, 2.75) is 0 Å². The van der Waals surface area contributed by atoms with Crippen molar-refractivity contribution >= 4 is 82.1 Å². The molecule has 0 aliphatic carbocycles. The molecule has 1 heterocycles. The monoisotopic (exact) mass is 611 g/mol. The fourth-order valence-electron chi connectivity index (χ4n) is 7.66. The van der Waals surface area contributed by atoms with E-state index < -0.39 is 0 Å². The summed E-state index contributed by atoms with van der Waals surface area (Å²) in [6.07, 6.45) is 0. The van der Waals surface area contributed by atoms with Gasteiger partial charge in [0.1, 0.15) is 11.2 Å². The first-order valence-electron chi connectivity index (χ1n) is 16.4. The summed E-state index contributed by atoms with van der Waals surface area (Å²) >= 11 is 0. The topological polar surface area (TPSA) is 16.4 Å². The second-order valence-corrected chi connectivity index (χ2v) is 12.5. The lowest BCUT2D eigenvalue weighted by molar-refractivity contribution is 0.669. The Morgan fingerprint density at radius 3 is 1.92 bits per heavy atom. The van der Waals surface area contributed by atoms with Gasteiger partial charge in [0.05, 0.1) is 5.69 Å². The third kappa shape index (κ3) is 4.06. The normalized spacial score (nSPS) is 11.8. The van der Waals surface area contributed by atoms with Crippen molar-refractivity contribution < 1.29 is 4.42 Å². The van der Waals surface area contributed by atoms with E-state index in [0.717, 1.165) is 33.6 Å². The summed E-state index contributed by atoms with van der Waals surface area (Å²) in [5, 5.41) is 12.2. The van der Waals surface area contributed by atoms with Crippen molar-refractivity contribution in [3.63, 3.8) is 0 Å². The Morgan fingerprint density at radius 1 is 0.354 bits per heavy atom. The summed E-state index contributed by atoms with van der Waals surface area (Å²) in [6, 6.07) is 63.3. The molecule has 0 spiro atoms. The van der Waals surface area contributed by atoms with E-state index in [1.54, 1.807) is 0 Å². The van der Waals surface area contributed by atoms with Crippen molar-refractivity contribution in [1.82, 2.24) is 0 Å². The van der Waals surface area contributed by atoms with Gasteiger partial charge >= 0.3 is 0 Å². The molecule has 0 aliphatic rings. The van der Waals surface area contributed by atoms with Crippen LogP contribution >= 0.6 is 0 Å². The second-order valence-electron chi connectivity index (χ2n) is 12.5. The first-order chi connectivity index (χ1) is 23.8. The van der Waals surface area contributed by atoms with Gasteiger partial charge in [-0.3, -0.25) is 0 Å². The molecule has 48 heavy (non-hydrogen) atoms. The van der Waals surface area contributed by atoms with Gasteiger partial charge in [0.2, 0.25) is 0 Å². The lowest BCUT2D eigenvalue weighted by atomic mass is 9.90. The lowest BCUT2D eigenvalue weighted by Crippen LogP contribution is -2.11. The molecule has 0 aliphatic heterocycles. The zero-order chi connectivity index (χ0) is 31.6. The van der Waals surface area contributed by atoms with E-state index in [2.05, 4.69) is 175 Å². The summed E-state index contributed by atoms with van der Waals surface area (Å²) in [4.78, 5) is 2.38. The Labute approximate surface area is 277 Å². The van der Waals surface area contributed by atoms with Gasteiger partial charge in [0.15, 0.2) is 0 Å². The molecule has 10 aromatic rings. The van der Waals surface area contributed by atoms with Gasteiger partial charge in [-0.1, -0.05) is 121 Å². The maximum atomic E-state index is 6.36. The first kappa shape index (κ1) is 26.8. The van der Waals surface area contributed by atoms with E-state index in [0.29, 0.717) is 0 Å². The quantitative estimate of drug-likeness (QED) is 0.184. The highest BCUT2D eigenvalue weighted by Gasteiger charge is 2.20. The average Bonchev–Trinajstić information content (AvgIpc) is 3.54. The Hall–Kier alpha value is -6.38. The van der Waals surface area contributed by atoms with Crippen molar-refractivity contribution in [2.75, 3.05) is 4.90 Å². The Morgan fingerprint density at radius 2 is 1.02 bits per heavy atom. The maximum Gasteiger partial charge on any atom is 0.136 e. The predicted octanol–water partition coefficient (Wildman–Crippen LogP) is 13.3. The van der Waals surface area contributed by atoms with Crippen LogP contribution in [0.1, 0.15) is 0 Å². The number of benzene rings is 9. The molecule has 0 amide bonds. The minimum Gasteiger partial charge on any atom is -0.456 e. The van der Waals surface area contributed by atoms with Gasteiger partial charge in [0, 0.05) is 33.1 Å². The molecule has 9 aromatic carbocycles. The van der Waals surface area contributed by atoms with E-state index in [1.807, 2.05) is 6.07 Å². The number of para-hydroxylation sites is 3. The summed E-state index contributed by atoms with van der Waals surface area (Å²) in [5.41, 5.74) is 7.56. The Balaban J connectivity index is 1.25. The molecular weight excluding hydrogens is 583 g/mol. The molecule has 0 radical (unpaired) electrons. The van der Waals surface area contributed by atoms with Gasteiger partial charge in [0.25, 0.3) is 0 Å². The Kier molecular flexibility index (Phi) is 5.91. The molecular formula is C46H29NO. The van der Waals surface area contributed by atoms with Gasteiger partial charge in [-0.25, -0.2) is 0 Å². The number of rotatable bonds is 4. The molecule has 0 unspecified atom stereocenters. The van der Waals surface area contributed by atoms with Crippen LogP contribution in [-0.4, -0.2) is 0 Å². The fraction of sp³-hybridized carbons (Fsp3) is 0. The van der Waals surface area contributed by atoms with Gasteiger partial charge < -0.3 is 9.32 Å². The van der Waals surface area contributed by atoms with Crippen LogP contribution in [0.25, 0.3) is 76.2 Å². The van der Waals surface area contributed by atoms with Crippen LogP contribution < -0.4 is 4.90 Å². The second kappa shape index (κ2) is 10.6. The number of nitrogens with zero attached hydrogens (tertiary/aromatic N) is 1. The highest BCUT2D eigenvalue weighted by molar-refractivity contribution is 6.34. The zero-order valence-electron chi connectivity index (χ0n) is 26.1. The van der Waals surface area contributed by atoms with Crippen molar-refractivity contribution in [2.24, 2.45) is 0 Å². The molecule has 0 saturated heterocycles. The molecule has 2 nitrogen and oxygen atoms in total. The van der Waals surface area contributed by atoms with Crippen LogP contribution in [0.5, 0.6) is 0 Å². The van der Waals surface area contributed by atoms with Gasteiger partial charge in [-0.15, -0.1) is 0 Å². The Bertz CT molecular complexity index is 2850. The largest absolute Gasteiger partial charge is 0.456 e. The molecule has 0 saturated carbocycles. The van der Waals surface area contributed by atoms with Crippen LogP contribution in [0, 0.1) is 0 Å². The van der Waals surface area contributed by atoms with Crippen LogP contribution in [0.2, 0.25) is 0 Å². The molecule has 10 rings (SSSR count). The lowest BCUT2D eigenvalue weighted by Gasteiger charge is -2.28. The number of hydrogen-bond donors (Lipinski definition) is 0. The highest BCUT2D eigenvalue weighted by atomic mass is 16.3. The molecule has 2 heteroatoms. The van der Waals surface area contributed by atoms with E-state index >= 15 is 0 Å². The number of hydrogen-bond acceptors (Lipinski definition) is 2. The summed E-state index contributed by atoms with van der Waals surface area (Å²) in [5.74, 6) is 0. The van der Waals surface area contributed by atoms with Crippen molar-refractivity contribution in [3.05, 3.63) is 176 Å². The van der Waals surface area contributed by atoms with E-state index in [1.165, 1.54) is 59.6 Å². The van der Waals surface area contributed by atoms with Crippen molar-refractivity contribution in [1.29, 1.82) is 0 Å². The van der Waals surface area contributed by atoms with Crippen molar-refractivity contribution in [3.8, 4) is 11.1 Å². The standard InChI is InChI=1S/C46H29NO/c1-2-14-33(15-3-1)47(34-24-22-30-12-4-5-13-31(30)28-34)42-20-10-8-16-35(42)32-23-25-37-36-17-6-7-18-38(36)45-39(41(37)29-32)26-27-44-46(45)40-19-9-11-21-43(40)48-44/h1-29H. The van der Waals surface area contributed by atoms with Crippen LogP contribution in [0.15, 0.2) is 180 Å². The smallest absolute Gasteiger partial charge is 0.136 e. The molecule has 224 valence electrons. The third-order valence-electron chi connectivity index (χ3n) is 9.80. The minimum absolute atomic E-state index is 0.918. The molecule has 0 fully saturated rings. The van der Waals surface area contributed by atoms with E-state index in [4.69, 9.17) is 4.42 Å². The minimum atomic E-state index is 0.918. The zero-order valence-corrected chi connectivity index (χ0v) is 26.1. The van der Waals surface area contributed by atoms with Crippen LogP contribution in [0.4, 0.5) is 17.1 Å². The summed E-state index contributed by atoms with van der Waals surface area (Å²) < 4.78 is 6.36. The molecule has 0 atom stereocenters. The summed E-state index contributed by atoms with van der Waals surface area (Å²) in [6.45, 7) is 0.